The minimum atomic E-state index is -4.64. The summed E-state index contributed by atoms with van der Waals surface area (Å²) in [6, 6.07) is 0. The monoisotopic (exact) mass is 722 g/mol. The lowest BCUT2D eigenvalue weighted by Gasteiger charge is -2.30. The van der Waals surface area contributed by atoms with Gasteiger partial charge in [-0.05, 0) is 81.6 Å². The van der Waals surface area contributed by atoms with Crippen molar-refractivity contribution in [3.63, 3.8) is 0 Å². The van der Waals surface area contributed by atoms with Crippen molar-refractivity contribution in [2.75, 3.05) is 0 Å². The van der Waals surface area contributed by atoms with Crippen molar-refractivity contribution in [2.45, 2.75) is 173 Å². The molecule has 0 bridgehead atoms. The van der Waals surface area contributed by atoms with Crippen LogP contribution in [0.5, 0.6) is 0 Å². The van der Waals surface area contributed by atoms with Gasteiger partial charge >= 0.3 is 7.82 Å². The summed E-state index contributed by atoms with van der Waals surface area (Å²) in [5, 5.41) is 86.7. The van der Waals surface area contributed by atoms with Crippen molar-refractivity contribution in [2.24, 2.45) is 0 Å². The Balaban J connectivity index is -0.000000253. The van der Waals surface area contributed by atoms with E-state index in [0.29, 0.717) is 57.8 Å². The summed E-state index contributed by atoms with van der Waals surface area (Å²) in [7, 11) is -7.87. The van der Waals surface area contributed by atoms with Gasteiger partial charge < -0.3 is 60.6 Å². The Hall–Kier alpha value is 1.04. The molecule has 0 rings (SSSR count). The average Bonchev–Trinajstić information content (AvgIpc) is 2.99. The number of aliphatic hydroxyl groups excluding tert-OH is 9. The molecule has 0 spiro atoms. The summed E-state index contributed by atoms with van der Waals surface area (Å²) in [6.07, 6.45) is 5.37. The highest BCUT2D eigenvalue weighted by atomic mass is 31.2. The van der Waals surface area contributed by atoms with Crippen LogP contribution in [-0.2, 0) is 4.57 Å². The standard InChI is InChI=1S/3C9H21O3P.H3O4P/c3*1-4-7(10)13(8(11)5-2)9(12)6-3;1-5(2,3)4/h3*7-12H,4-6H2,1-3H3;(H3,1,2,3,4). The molecule has 0 fully saturated rings. The van der Waals surface area contributed by atoms with Crippen LogP contribution in [0.1, 0.15) is 120 Å². The predicted octanol–water partition coefficient (Wildman–Crippen LogP) is 4.03. The van der Waals surface area contributed by atoms with Crippen LogP contribution in [0, 0.1) is 0 Å². The van der Waals surface area contributed by atoms with Gasteiger partial charge in [0.2, 0.25) is 0 Å². The Kier molecular flexibility index (Phi) is 35.5. The van der Waals surface area contributed by atoms with Crippen molar-refractivity contribution >= 4 is 31.6 Å². The van der Waals surface area contributed by atoms with Gasteiger partial charge in [-0.15, -0.1) is 0 Å². The molecule has 13 nitrogen and oxygen atoms in total. The third-order valence-corrected chi connectivity index (χ3v) is 15.9. The molecule has 0 aliphatic carbocycles. The molecule has 0 aliphatic rings. The number of aliphatic hydroxyl groups is 9. The second-order valence-electron chi connectivity index (χ2n) is 9.85. The Morgan fingerprint density at radius 3 is 0.455 bits per heavy atom. The van der Waals surface area contributed by atoms with E-state index in [1.54, 1.807) is 0 Å². The van der Waals surface area contributed by atoms with E-state index < -0.39 is 84.2 Å². The van der Waals surface area contributed by atoms with Gasteiger partial charge in [-0.1, -0.05) is 62.3 Å². The Morgan fingerprint density at radius 2 is 0.409 bits per heavy atom. The minimum Gasteiger partial charge on any atom is -0.388 e. The number of hydrogen-bond donors (Lipinski definition) is 12. The Bertz CT molecular complexity index is 529. The zero-order valence-corrected chi connectivity index (χ0v) is 31.7. The molecule has 0 amide bonds. The molecule has 9 atom stereocenters. The lowest BCUT2D eigenvalue weighted by Crippen LogP contribution is -2.21. The van der Waals surface area contributed by atoms with Gasteiger partial charge in [-0.25, -0.2) is 4.57 Å². The molecule has 0 radical (unpaired) electrons. The minimum absolute atomic E-state index is 0.542. The molecule has 44 heavy (non-hydrogen) atoms. The van der Waals surface area contributed by atoms with Gasteiger partial charge in [-0.3, -0.25) is 0 Å². The molecule has 0 saturated heterocycles. The molecular formula is C27H66O13P4. The lowest BCUT2D eigenvalue weighted by atomic mass is 10.5. The fraction of sp³-hybridized carbons (Fsp3) is 1.00. The third kappa shape index (κ3) is 25.1. The highest BCUT2D eigenvalue weighted by molar-refractivity contribution is 7.59. The summed E-state index contributed by atoms with van der Waals surface area (Å²) < 4.78 is 8.88. The molecule has 17 heteroatoms. The first-order valence-corrected chi connectivity index (χ1v) is 21.7. The first-order valence-electron chi connectivity index (χ1n) is 15.5. The maximum absolute atomic E-state index is 9.63. The lowest BCUT2D eigenvalue weighted by molar-refractivity contribution is 0.187. The highest BCUT2D eigenvalue weighted by Gasteiger charge is 2.31. The largest absolute Gasteiger partial charge is 0.466 e. The summed E-state index contributed by atoms with van der Waals surface area (Å²) in [5.74, 6) is -4.88. The third-order valence-electron chi connectivity index (χ3n) is 6.38. The van der Waals surface area contributed by atoms with Crippen LogP contribution in [0.25, 0.3) is 0 Å². The second kappa shape index (κ2) is 30.1. The van der Waals surface area contributed by atoms with E-state index in [1.165, 1.54) is 0 Å². The van der Waals surface area contributed by atoms with Crippen LogP contribution in [0.15, 0.2) is 0 Å². The number of phosphoric acid groups is 1. The second-order valence-corrected chi connectivity index (χ2v) is 18.9. The van der Waals surface area contributed by atoms with Crippen molar-refractivity contribution in [1.29, 1.82) is 0 Å². The molecule has 0 aromatic heterocycles. The number of hydrogen-bond acceptors (Lipinski definition) is 10. The van der Waals surface area contributed by atoms with Gasteiger partial charge in [0.1, 0.15) is 0 Å². The van der Waals surface area contributed by atoms with E-state index in [2.05, 4.69) is 0 Å². The van der Waals surface area contributed by atoms with Gasteiger partial charge in [-0.2, -0.15) is 0 Å². The molecular weight excluding hydrogens is 656 g/mol. The Morgan fingerprint density at radius 1 is 0.341 bits per heavy atom. The van der Waals surface area contributed by atoms with Gasteiger partial charge in [0.15, 0.2) is 0 Å². The molecule has 0 aromatic rings. The first kappa shape index (κ1) is 51.9. The fourth-order valence-electron chi connectivity index (χ4n) is 3.69. The van der Waals surface area contributed by atoms with Crippen molar-refractivity contribution in [1.82, 2.24) is 0 Å². The summed E-state index contributed by atoms with van der Waals surface area (Å²) >= 11 is 0. The van der Waals surface area contributed by atoms with E-state index in [4.69, 9.17) is 19.2 Å². The average molecular weight is 723 g/mol. The maximum atomic E-state index is 9.63. The normalized spacial score (nSPS) is 19.8. The summed E-state index contributed by atoms with van der Waals surface area (Å²) in [6.45, 7) is 16.8. The number of rotatable bonds is 18. The van der Waals surface area contributed by atoms with E-state index in [-0.39, 0.29) is 0 Å². The smallest absolute Gasteiger partial charge is 0.388 e. The molecule has 0 saturated carbocycles. The molecule has 272 valence electrons. The van der Waals surface area contributed by atoms with Crippen LogP contribution < -0.4 is 0 Å². The summed E-state index contributed by atoms with van der Waals surface area (Å²) in [5.41, 5.74) is 0. The van der Waals surface area contributed by atoms with Gasteiger partial charge in [0.25, 0.3) is 0 Å². The van der Waals surface area contributed by atoms with Crippen LogP contribution in [0.3, 0.4) is 0 Å². The van der Waals surface area contributed by atoms with Crippen LogP contribution >= 0.6 is 31.6 Å². The van der Waals surface area contributed by atoms with Crippen LogP contribution in [0.2, 0.25) is 0 Å². The van der Waals surface area contributed by atoms with Crippen LogP contribution in [0.4, 0.5) is 0 Å². The van der Waals surface area contributed by atoms with E-state index in [0.717, 1.165) is 0 Å². The Labute approximate surface area is 269 Å². The molecule has 0 aromatic carbocycles. The van der Waals surface area contributed by atoms with Crippen LogP contribution in [-0.4, -0.2) is 113 Å². The van der Waals surface area contributed by atoms with E-state index >= 15 is 0 Å². The molecule has 12 N–H and O–H groups in total. The fourth-order valence-corrected chi connectivity index (χ4v) is 11.1. The van der Waals surface area contributed by atoms with Gasteiger partial charge in [0, 0.05) is 0 Å². The van der Waals surface area contributed by atoms with Gasteiger partial charge in [0.05, 0.1) is 52.6 Å². The SMILES string of the molecule is CCC(O)P(C(O)CC)C(O)CC.CCC(O)P(C(O)CC)C(O)CC.CCC(O)P(C(O)CC)C(O)CC.O=P(O)(O)O. The maximum Gasteiger partial charge on any atom is 0.466 e. The van der Waals surface area contributed by atoms with Crippen molar-refractivity contribution in [3.05, 3.63) is 0 Å². The van der Waals surface area contributed by atoms with Crippen molar-refractivity contribution in [3.8, 4) is 0 Å². The molecule has 0 heterocycles. The van der Waals surface area contributed by atoms with Crippen molar-refractivity contribution < 1.29 is 65.2 Å². The molecule has 0 aliphatic heterocycles. The zero-order valence-electron chi connectivity index (χ0n) is 28.1. The zero-order chi connectivity index (χ0) is 35.8. The summed E-state index contributed by atoms with van der Waals surface area (Å²) in [4.78, 5) is 21.6. The van der Waals surface area contributed by atoms with E-state index in [9.17, 15) is 46.0 Å². The topological polar surface area (TPSA) is 260 Å². The molecule has 9 unspecified atom stereocenters. The quantitative estimate of drug-likeness (QED) is 0.0893. The first-order chi connectivity index (χ1) is 20.2. The highest BCUT2D eigenvalue weighted by Crippen LogP contribution is 2.52. The predicted molar refractivity (Wildman–Crippen MR) is 182 cm³/mol. The van der Waals surface area contributed by atoms with E-state index in [1.807, 2.05) is 62.3 Å².